The molecule has 4 rings (SSSR count). The Bertz CT molecular complexity index is 1120. The first-order valence-corrected chi connectivity index (χ1v) is 11.4. The highest BCUT2D eigenvalue weighted by atomic mass is 32.1. The van der Waals surface area contributed by atoms with Crippen LogP contribution >= 0.6 is 11.3 Å². The molecule has 1 unspecified atom stereocenters. The molecule has 0 spiro atoms. The van der Waals surface area contributed by atoms with Gasteiger partial charge in [-0.1, -0.05) is 26.8 Å². The predicted octanol–water partition coefficient (Wildman–Crippen LogP) is 4.27. The SMILES string of the molecule is CC.CCNC(C)CNC(=O)c1ccnc(-c2cnn3ccc(-c4cccs4)nc23)c1. The summed E-state index contributed by atoms with van der Waals surface area (Å²) in [5.41, 5.74) is 3.62. The predicted molar refractivity (Wildman–Crippen MR) is 126 cm³/mol. The summed E-state index contributed by atoms with van der Waals surface area (Å²) in [5, 5.41) is 12.6. The van der Waals surface area contributed by atoms with Gasteiger partial charge >= 0.3 is 0 Å². The molecular weight excluding hydrogens is 408 g/mol. The molecule has 8 heteroatoms. The van der Waals surface area contributed by atoms with Crippen LogP contribution in [0.5, 0.6) is 0 Å². The number of hydrogen-bond donors (Lipinski definition) is 2. The highest BCUT2D eigenvalue weighted by Crippen LogP contribution is 2.27. The molecule has 0 radical (unpaired) electrons. The Morgan fingerprint density at radius 2 is 2.06 bits per heavy atom. The van der Waals surface area contributed by atoms with Gasteiger partial charge in [0.05, 0.1) is 28.0 Å². The molecule has 0 fully saturated rings. The van der Waals surface area contributed by atoms with Crippen LogP contribution in [0.15, 0.2) is 54.3 Å². The van der Waals surface area contributed by atoms with E-state index >= 15 is 0 Å². The van der Waals surface area contributed by atoms with E-state index in [0.29, 0.717) is 23.4 Å². The topological polar surface area (TPSA) is 84.2 Å². The van der Waals surface area contributed by atoms with Gasteiger partial charge in [0.2, 0.25) is 0 Å². The zero-order valence-corrected chi connectivity index (χ0v) is 19.1. The van der Waals surface area contributed by atoms with Crippen molar-refractivity contribution >= 4 is 22.9 Å². The third-order valence-corrected chi connectivity index (χ3v) is 5.45. The van der Waals surface area contributed by atoms with E-state index in [9.17, 15) is 4.79 Å². The number of rotatable bonds is 7. The molecule has 0 aliphatic rings. The molecule has 4 heterocycles. The van der Waals surface area contributed by atoms with Gasteiger partial charge < -0.3 is 10.6 Å². The molecule has 4 aromatic rings. The van der Waals surface area contributed by atoms with Gasteiger partial charge in [-0.05, 0) is 43.1 Å². The van der Waals surface area contributed by atoms with E-state index < -0.39 is 0 Å². The number of amides is 1. The monoisotopic (exact) mass is 436 g/mol. The molecule has 0 saturated heterocycles. The Labute approximate surface area is 186 Å². The Hall–Kier alpha value is -3.10. The normalized spacial score (nSPS) is 11.6. The van der Waals surface area contributed by atoms with Gasteiger partial charge in [0.15, 0.2) is 5.65 Å². The molecule has 31 heavy (non-hydrogen) atoms. The number of nitrogens with zero attached hydrogens (tertiary/aromatic N) is 4. The molecule has 2 N–H and O–H groups in total. The minimum Gasteiger partial charge on any atom is -0.350 e. The largest absolute Gasteiger partial charge is 0.350 e. The summed E-state index contributed by atoms with van der Waals surface area (Å²) in [6, 6.07) is 9.69. The van der Waals surface area contributed by atoms with Crippen molar-refractivity contribution in [3.8, 4) is 21.8 Å². The van der Waals surface area contributed by atoms with Crippen molar-refractivity contribution in [3.05, 3.63) is 59.9 Å². The van der Waals surface area contributed by atoms with E-state index in [1.165, 1.54) is 0 Å². The third kappa shape index (κ3) is 5.34. The molecule has 0 aliphatic carbocycles. The molecule has 0 saturated carbocycles. The van der Waals surface area contributed by atoms with E-state index in [0.717, 1.165) is 22.7 Å². The van der Waals surface area contributed by atoms with Gasteiger partial charge in [-0.15, -0.1) is 11.3 Å². The van der Waals surface area contributed by atoms with Gasteiger partial charge in [-0.25, -0.2) is 9.50 Å². The lowest BCUT2D eigenvalue weighted by atomic mass is 10.1. The standard InChI is InChI=1S/C21H22N6OS.C2H6/c1-3-22-14(2)12-24-21(28)15-6-8-23-18(11-15)16-13-25-27-9-7-17(26-20(16)27)19-5-4-10-29-19;1-2/h4-11,13-14,22H,3,12H2,1-2H3,(H,24,28);1-2H3. The van der Waals surface area contributed by atoms with Gasteiger partial charge in [0.1, 0.15) is 0 Å². The van der Waals surface area contributed by atoms with Crippen LogP contribution in [-0.2, 0) is 0 Å². The van der Waals surface area contributed by atoms with Crippen molar-refractivity contribution < 1.29 is 4.79 Å². The summed E-state index contributed by atoms with van der Waals surface area (Å²) in [7, 11) is 0. The molecule has 1 atom stereocenters. The van der Waals surface area contributed by atoms with Crippen LogP contribution in [0.4, 0.5) is 0 Å². The average Bonchev–Trinajstić information content (AvgIpc) is 3.49. The van der Waals surface area contributed by atoms with Crippen molar-refractivity contribution in [2.75, 3.05) is 13.1 Å². The first kappa shape index (κ1) is 22.6. The van der Waals surface area contributed by atoms with Gasteiger partial charge in [-0.3, -0.25) is 9.78 Å². The highest BCUT2D eigenvalue weighted by molar-refractivity contribution is 7.13. The van der Waals surface area contributed by atoms with Gasteiger partial charge in [0, 0.05) is 30.5 Å². The second-order valence-electron chi connectivity index (χ2n) is 6.72. The van der Waals surface area contributed by atoms with Crippen LogP contribution in [0.25, 0.3) is 27.5 Å². The number of aromatic nitrogens is 4. The first-order chi connectivity index (χ1) is 15.2. The summed E-state index contributed by atoms with van der Waals surface area (Å²) >= 11 is 1.64. The first-order valence-electron chi connectivity index (χ1n) is 10.5. The van der Waals surface area contributed by atoms with Crippen molar-refractivity contribution in [2.24, 2.45) is 0 Å². The van der Waals surface area contributed by atoms with E-state index in [2.05, 4.69) is 20.7 Å². The van der Waals surface area contributed by atoms with E-state index in [4.69, 9.17) is 4.98 Å². The van der Waals surface area contributed by atoms with Crippen LogP contribution < -0.4 is 10.6 Å². The number of likely N-dealkylation sites (N-methyl/N-ethyl adjacent to an activating group) is 1. The summed E-state index contributed by atoms with van der Waals surface area (Å²) < 4.78 is 1.72. The summed E-state index contributed by atoms with van der Waals surface area (Å²) in [4.78, 5) is 22.9. The van der Waals surface area contributed by atoms with Gasteiger partial charge in [0.25, 0.3) is 5.91 Å². The molecule has 4 aromatic heterocycles. The Balaban J connectivity index is 0.00000132. The zero-order valence-electron chi connectivity index (χ0n) is 18.3. The Morgan fingerprint density at radius 3 is 2.81 bits per heavy atom. The minimum absolute atomic E-state index is 0.123. The third-order valence-electron chi connectivity index (χ3n) is 4.56. The van der Waals surface area contributed by atoms with Crippen LogP contribution in [-0.4, -0.2) is 44.6 Å². The zero-order chi connectivity index (χ0) is 22.2. The van der Waals surface area contributed by atoms with E-state index in [-0.39, 0.29) is 11.9 Å². The fraction of sp³-hybridized carbons (Fsp3) is 0.304. The molecule has 0 aliphatic heterocycles. The van der Waals surface area contributed by atoms with Gasteiger partial charge in [-0.2, -0.15) is 5.10 Å². The summed E-state index contributed by atoms with van der Waals surface area (Å²) in [5.74, 6) is -0.123. The minimum atomic E-state index is -0.123. The quantitative estimate of drug-likeness (QED) is 0.452. The molecule has 7 nitrogen and oxygen atoms in total. The Morgan fingerprint density at radius 1 is 1.23 bits per heavy atom. The van der Waals surface area contributed by atoms with Crippen molar-refractivity contribution in [3.63, 3.8) is 0 Å². The molecular formula is C23H28N6OS. The smallest absolute Gasteiger partial charge is 0.251 e. The summed E-state index contributed by atoms with van der Waals surface area (Å²) in [6.45, 7) is 9.51. The second-order valence-corrected chi connectivity index (χ2v) is 7.66. The summed E-state index contributed by atoms with van der Waals surface area (Å²) in [6.07, 6.45) is 5.27. The maximum atomic E-state index is 12.5. The maximum Gasteiger partial charge on any atom is 0.251 e. The number of pyridine rings is 1. The molecule has 1 amide bonds. The number of thiophene rings is 1. The van der Waals surface area contributed by atoms with Crippen LogP contribution in [0.3, 0.4) is 0 Å². The number of hydrogen-bond acceptors (Lipinski definition) is 6. The van der Waals surface area contributed by atoms with Crippen LogP contribution in [0.1, 0.15) is 38.1 Å². The van der Waals surface area contributed by atoms with Crippen molar-refractivity contribution in [1.29, 1.82) is 0 Å². The lowest BCUT2D eigenvalue weighted by molar-refractivity contribution is 0.0950. The fourth-order valence-electron chi connectivity index (χ4n) is 3.10. The fourth-order valence-corrected chi connectivity index (χ4v) is 3.79. The lowest BCUT2D eigenvalue weighted by Gasteiger charge is -2.13. The lowest BCUT2D eigenvalue weighted by Crippen LogP contribution is -2.38. The average molecular weight is 437 g/mol. The molecule has 162 valence electrons. The van der Waals surface area contributed by atoms with Crippen molar-refractivity contribution in [2.45, 2.75) is 33.7 Å². The number of carbonyl (C=O) groups is 1. The second kappa shape index (κ2) is 10.8. The van der Waals surface area contributed by atoms with Crippen LogP contribution in [0, 0.1) is 0 Å². The molecule has 0 bridgehead atoms. The highest BCUT2D eigenvalue weighted by Gasteiger charge is 2.14. The number of fused-ring (bicyclic) bond motifs is 1. The van der Waals surface area contributed by atoms with E-state index in [1.807, 2.05) is 57.5 Å². The number of nitrogens with one attached hydrogen (secondary N) is 2. The van der Waals surface area contributed by atoms with E-state index in [1.54, 1.807) is 40.4 Å². The maximum absolute atomic E-state index is 12.5. The van der Waals surface area contributed by atoms with Crippen molar-refractivity contribution in [1.82, 2.24) is 30.2 Å². The molecule has 0 aromatic carbocycles. The Kier molecular flexibility index (Phi) is 7.86. The van der Waals surface area contributed by atoms with Crippen LogP contribution in [0.2, 0.25) is 0 Å². The number of carbonyl (C=O) groups excluding carboxylic acids is 1.